The molecule has 0 aliphatic carbocycles. The van der Waals surface area contributed by atoms with E-state index in [2.05, 4.69) is 9.71 Å². The summed E-state index contributed by atoms with van der Waals surface area (Å²) < 4.78 is 28.5. The Morgan fingerprint density at radius 3 is 2.48 bits per heavy atom. The van der Waals surface area contributed by atoms with Crippen LogP contribution in [0.1, 0.15) is 25.0 Å². The number of nitrogens with one attached hydrogen (secondary N) is 1. The number of halogens is 1. The molecule has 0 aliphatic heterocycles. The molecule has 2 aromatic carbocycles. The van der Waals surface area contributed by atoms with Crippen molar-refractivity contribution in [3.8, 4) is 11.1 Å². The minimum atomic E-state index is -3.66. The summed E-state index contributed by atoms with van der Waals surface area (Å²) in [6.07, 6.45) is 3.27. The molecular weight excluding hydrogens is 380 g/mol. The molecule has 1 N–H and O–H groups in total. The van der Waals surface area contributed by atoms with Crippen LogP contribution in [0.25, 0.3) is 11.1 Å². The van der Waals surface area contributed by atoms with Crippen molar-refractivity contribution < 1.29 is 8.42 Å². The fourth-order valence-electron chi connectivity index (χ4n) is 2.92. The third-order valence-electron chi connectivity index (χ3n) is 4.36. The Balaban J connectivity index is 1.96. The highest BCUT2D eigenvalue weighted by Crippen LogP contribution is 2.31. The molecule has 0 unspecified atom stereocenters. The van der Waals surface area contributed by atoms with E-state index in [1.807, 2.05) is 57.2 Å². The van der Waals surface area contributed by atoms with Gasteiger partial charge in [0.25, 0.3) is 0 Å². The Bertz CT molecular complexity index is 1080. The van der Waals surface area contributed by atoms with Crippen molar-refractivity contribution in [2.24, 2.45) is 0 Å². The number of rotatable bonds is 5. The van der Waals surface area contributed by atoms with Gasteiger partial charge >= 0.3 is 0 Å². The highest BCUT2D eigenvalue weighted by molar-refractivity contribution is 7.89. The van der Waals surface area contributed by atoms with Crippen LogP contribution in [0.4, 0.5) is 0 Å². The number of aromatic nitrogens is 1. The molecule has 0 saturated heterocycles. The second kappa shape index (κ2) is 7.43. The van der Waals surface area contributed by atoms with Crippen molar-refractivity contribution in [3.05, 3.63) is 83.1 Å². The summed E-state index contributed by atoms with van der Waals surface area (Å²) in [5.41, 5.74) is 2.68. The molecule has 0 bridgehead atoms. The number of pyridine rings is 1. The minimum absolute atomic E-state index is 0.254. The molecule has 0 fully saturated rings. The number of hydrogen-bond acceptors (Lipinski definition) is 3. The zero-order valence-corrected chi connectivity index (χ0v) is 17.0. The van der Waals surface area contributed by atoms with E-state index in [1.54, 1.807) is 30.6 Å². The molecule has 0 saturated carbocycles. The predicted octanol–water partition coefficient (Wildman–Crippen LogP) is 4.92. The van der Waals surface area contributed by atoms with E-state index in [0.717, 1.165) is 22.3 Å². The highest BCUT2D eigenvalue weighted by Gasteiger charge is 2.28. The first-order chi connectivity index (χ1) is 12.7. The standard InChI is InChI=1S/C21H21ClN2O2S/c1-15-6-4-9-18(12-15)27(25,26)24-21(2,3)17-8-5-7-16(13-17)19-10-11-23-14-20(19)22/h4-14,24H,1-3H3. The fourth-order valence-corrected chi connectivity index (χ4v) is 4.66. The van der Waals surface area contributed by atoms with Gasteiger partial charge in [-0.1, -0.05) is 41.9 Å². The number of sulfonamides is 1. The zero-order chi connectivity index (χ0) is 19.7. The van der Waals surface area contributed by atoms with Gasteiger partial charge in [0.1, 0.15) is 0 Å². The van der Waals surface area contributed by atoms with Gasteiger partial charge in [-0.15, -0.1) is 0 Å². The van der Waals surface area contributed by atoms with Crippen molar-refractivity contribution >= 4 is 21.6 Å². The van der Waals surface area contributed by atoms with Crippen LogP contribution in [-0.4, -0.2) is 13.4 Å². The lowest BCUT2D eigenvalue weighted by Gasteiger charge is -2.27. The molecular formula is C21H21ClN2O2S. The average Bonchev–Trinajstić information content (AvgIpc) is 2.61. The van der Waals surface area contributed by atoms with Crippen LogP contribution in [0.2, 0.25) is 5.02 Å². The summed E-state index contributed by atoms with van der Waals surface area (Å²) in [6.45, 7) is 5.55. The molecule has 0 aliphatic rings. The number of benzene rings is 2. The summed E-state index contributed by atoms with van der Waals surface area (Å²) in [6, 6.07) is 16.4. The summed E-state index contributed by atoms with van der Waals surface area (Å²) >= 11 is 6.25. The Morgan fingerprint density at radius 2 is 1.78 bits per heavy atom. The van der Waals surface area contributed by atoms with E-state index >= 15 is 0 Å². The molecule has 6 heteroatoms. The van der Waals surface area contributed by atoms with Gasteiger partial charge in [0.15, 0.2) is 0 Å². The zero-order valence-electron chi connectivity index (χ0n) is 15.4. The maximum absolute atomic E-state index is 12.8. The van der Waals surface area contributed by atoms with Crippen molar-refractivity contribution in [3.63, 3.8) is 0 Å². The molecule has 0 radical (unpaired) electrons. The summed E-state index contributed by atoms with van der Waals surface area (Å²) in [5, 5.41) is 0.549. The number of hydrogen-bond donors (Lipinski definition) is 1. The van der Waals surface area contributed by atoms with E-state index in [9.17, 15) is 8.42 Å². The van der Waals surface area contributed by atoms with Crippen LogP contribution in [0.5, 0.6) is 0 Å². The van der Waals surface area contributed by atoms with Crippen LogP contribution >= 0.6 is 11.6 Å². The molecule has 27 heavy (non-hydrogen) atoms. The molecule has 140 valence electrons. The van der Waals surface area contributed by atoms with E-state index in [-0.39, 0.29) is 4.90 Å². The van der Waals surface area contributed by atoms with Crippen molar-refractivity contribution in [1.29, 1.82) is 0 Å². The Kier molecular flexibility index (Phi) is 5.38. The lowest BCUT2D eigenvalue weighted by atomic mass is 9.92. The van der Waals surface area contributed by atoms with Gasteiger partial charge in [-0.3, -0.25) is 4.98 Å². The largest absolute Gasteiger partial charge is 0.263 e. The lowest BCUT2D eigenvalue weighted by Crippen LogP contribution is -2.40. The summed E-state index contributed by atoms with van der Waals surface area (Å²) in [4.78, 5) is 4.26. The molecule has 1 aromatic heterocycles. The monoisotopic (exact) mass is 400 g/mol. The second-order valence-corrected chi connectivity index (χ2v) is 9.07. The molecule has 3 rings (SSSR count). The first-order valence-corrected chi connectivity index (χ1v) is 10.4. The summed E-state index contributed by atoms with van der Waals surface area (Å²) in [7, 11) is -3.66. The SMILES string of the molecule is Cc1cccc(S(=O)(=O)NC(C)(C)c2cccc(-c3ccncc3Cl)c2)c1. The first-order valence-electron chi connectivity index (χ1n) is 8.50. The van der Waals surface area contributed by atoms with Gasteiger partial charge < -0.3 is 0 Å². The summed E-state index contributed by atoms with van der Waals surface area (Å²) in [5.74, 6) is 0. The molecule has 3 aromatic rings. The van der Waals surface area contributed by atoms with Gasteiger partial charge in [-0.05, 0) is 61.7 Å². The van der Waals surface area contributed by atoms with Gasteiger partial charge in [0, 0.05) is 18.0 Å². The lowest BCUT2D eigenvalue weighted by molar-refractivity contribution is 0.472. The van der Waals surface area contributed by atoms with Crippen LogP contribution in [0.15, 0.2) is 71.9 Å². The van der Waals surface area contributed by atoms with Crippen LogP contribution < -0.4 is 4.72 Å². The first kappa shape index (κ1) is 19.5. The van der Waals surface area contributed by atoms with E-state index < -0.39 is 15.6 Å². The van der Waals surface area contributed by atoms with Crippen LogP contribution in [0.3, 0.4) is 0 Å². The molecule has 1 heterocycles. The Labute approximate surface area is 165 Å². The average molecular weight is 401 g/mol. The molecule has 0 spiro atoms. The quantitative estimate of drug-likeness (QED) is 0.660. The van der Waals surface area contributed by atoms with Crippen molar-refractivity contribution in [2.45, 2.75) is 31.2 Å². The number of nitrogens with zero attached hydrogens (tertiary/aromatic N) is 1. The van der Waals surface area contributed by atoms with Gasteiger partial charge in [0.2, 0.25) is 10.0 Å². The predicted molar refractivity (Wildman–Crippen MR) is 109 cm³/mol. The van der Waals surface area contributed by atoms with Gasteiger partial charge in [-0.2, -0.15) is 0 Å². The van der Waals surface area contributed by atoms with Gasteiger partial charge in [-0.25, -0.2) is 13.1 Å². The maximum Gasteiger partial charge on any atom is 0.241 e. The smallest absolute Gasteiger partial charge is 0.241 e. The maximum atomic E-state index is 12.8. The van der Waals surface area contributed by atoms with E-state index in [1.165, 1.54) is 0 Å². The normalized spacial score (nSPS) is 12.1. The topological polar surface area (TPSA) is 59.1 Å². The van der Waals surface area contributed by atoms with Crippen LogP contribution in [-0.2, 0) is 15.6 Å². The minimum Gasteiger partial charge on any atom is -0.263 e. The molecule has 0 atom stereocenters. The fraction of sp³-hybridized carbons (Fsp3) is 0.190. The van der Waals surface area contributed by atoms with Crippen molar-refractivity contribution in [2.75, 3.05) is 0 Å². The van der Waals surface area contributed by atoms with E-state index in [0.29, 0.717) is 5.02 Å². The van der Waals surface area contributed by atoms with Crippen LogP contribution in [0, 0.1) is 6.92 Å². The van der Waals surface area contributed by atoms with Crippen molar-refractivity contribution in [1.82, 2.24) is 9.71 Å². The van der Waals surface area contributed by atoms with Gasteiger partial charge in [0.05, 0.1) is 15.5 Å². The Morgan fingerprint density at radius 1 is 1.04 bits per heavy atom. The second-order valence-electron chi connectivity index (χ2n) is 6.98. The highest BCUT2D eigenvalue weighted by atomic mass is 35.5. The molecule has 0 amide bonds. The number of aryl methyl sites for hydroxylation is 1. The van der Waals surface area contributed by atoms with E-state index in [4.69, 9.17) is 11.6 Å². The third kappa shape index (κ3) is 4.38. The Hall–Kier alpha value is -2.21. The third-order valence-corrected chi connectivity index (χ3v) is 6.31. The molecule has 4 nitrogen and oxygen atoms in total.